The third-order valence-corrected chi connectivity index (χ3v) is 2.99. The number of aryl methyl sites for hydroxylation is 1. The number of methoxy groups -OCH3 is 1. The van der Waals surface area contributed by atoms with E-state index in [2.05, 4.69) is 5.32 Å². The molecule has 0 heterocycles. The van der Waals surface area contributed by atoms with E-state index in [-0.39, 0.29) is 5.69 Å². The number of anilines is 1. The second-order valence-electron chi connectivity index (χ2n) is 4.69. The van der Waals surface area contributed by atoms with Crippen molar-refractivity contribution >= 4 is 17.7 Å². The van der Waals surface area contributed by atoms with Crippen molar-refractivity contribution in [2.45, 2.75) is 6.92 Å². The van der Waals surface area contributed by atoms with Crippen molar-refractivity contribution in [1.29, 1.82) is 0 Å². The van der Waals surface area contributed by atoms with Crippen LogP contribution in [0.15, 0.2) is 42.5 Å². The summed E-state index contributed by atoms with van der Waals surface area (Å²) in [4.78, 5) is 11.8. The van der Waals surface area contributed by atoms with Crippen LogP contribution in [0.1, 0.15) is 11.1 Å². The van der Waals surface area contributed by atoms with Crippen molar-refractivity contribution < 1.29 is 18.3 Å². The van der Waals surface area contributed by atoms with Crippen LogP contribution in [0, 0.1) is 18.6 Å². The predicted octanol–water partition coefficient (Wildman–Crippen LogP) is 3.93. The van der Waals surface area contributed by atoms with Crippen LogP contribution in [0.5, 0.6) is 5.75 Å². The van der Waals surface area contributed by atoms with Gasteiger partial charge in [-0.15, -0.1) is 0 Å². The van der Waals surface area contributed by atoms with Crippen LogP contribution >= 0.6 is 0 Å². The average Bonchev–Trinajstić information content (AvgIpc) is 2.48. The summed E-state index contributed by atoms with van der Waals surface area (Å²) < 4.78 is 31.4. The molecule has 0 aromatic heterocycles. The first-order chi connectivity index (χ1) is 10.5. The first-order valence-corrected chi connectivity index (χ1v) is 6.58. The maximum absolute atomic E-state index is 13.4. The molecular formula is C17H15F2NO2. The molecule has 0 fully saturated rings. The fourth-order valence-corrected chi connectivity index (χ4v) is 1.91. The van der Waals surface area contributed by atoms with E-state index in [9.17, 15) is 13.6 Å². The molecular weight excluding hydrogens is 288 g/mol. The van der Waals surface area contributed by atoms with E-state index >= 15 is 0 Å². The van der Waals surface area contributed by atoms with Gasteiger partial charge in [-0.2, -0.15) is 0 Å². The highest BCUT2D eigenvalue weighted by Crippen LogP contribution is 2.21. The minimum atomic E-state index is -0.824. The summed E-state index contributed by atoms with van der Waals surface area (Å²) in [5, 5.41) is 2.35. The third kappa shape index (κ3) is 3.91. The topological polar surface area (TPSA) is 38.3 Å². The van der Waals surface area contributed by atoms with Gasteiger partial charge in [0.05, 0.1) is 12.8 Å². The van der Waals surface area contributed by atoms with Gasteiger partial charge in [-0.3, -0.25) is 4.79 Å². The zero-order valence-corrected chi connectivity index (χ0v) is 12.2. The van der Waals surface area contributed by atoms with Crippen molar-refractivity contribution in [2.75, 3.05) is 12.4 Å². The number of benzene rings is 2. The number of carbonyl (C=O) groups is 1. The van der Waals surface area contributed by atoms with Gasteiger partial charge in [-0.1, -0.05) is 11.6 Å². The van der Waals surface area contributed by atoms with Gasteiger partial charge >= 0.3 is 0 Å². The van der Waals surface area contributed by atoms with Gasteiger partial charge < -0.3 is 10.1 Å². The molecule has 3 nitrogen and oxygen atoms in total. The second-order valence-corrected chi connectivity index (χ2v) is 4.69. The van der Waals surface area contributed by atoms with Gasteiger partial charge in [0, 0.05) is 17.7 Å². The Bertz CT molecular complexity index is 727. The van der Waals surface area contributed by atoms with Crippen molar-refractivity contribution in [1.82, 2.24) is 0 Å². The first kappa shape index (κ1) is 15.7. The molecule has 0 aliphatic carbocycles. The molecule has 0 unspecified atom stereocenters. The Balaban J connectivity index is 2.13. The van der Waals surface area contributed by atoms with Crippen LogP contribution in [0.3, 0.4) is 0 Å². The van der Waals surface area contributed by atoms with Gasteiger partial charge in [0.15, 0.2) is 0 Å². The largest absolute Gasteiger partial charge is 0.496 e. The molecule has 2 rings (SSSR count). The molecule has 0 atom stereocenters. The number of hydrogen-bond donors (Lipinski definition) is 1. The molecule has 1 N–H and O–H groups in total. The SMILES string of the molecule is COc1ccc(C)cc1/C=C/C(=O)Nc1ccc(F)cc1F. The number of hydrogen-bond acceptors (Lipinski definition) is 2. The number of rotatable bonds is 4. The van der Waals surface area contributed by atoms with Gasteiger partial charge in [0.2, 0.25) is 5.91 Å². The van der Waals surface area contributed by atoms with Crippen molar-refractivity contribution in [2.24, 2.45) is 0 Å². The average molecular weight is 303 g/mol. The molecule has 0 radical (unpaired) electrons. The van der Waals surface area contributed by atoms with Crippen molar-refractivity contribution in [3.8, 4) is 5.75 Å². The van der Waals surface area contributed by atoms with Crippen LogP contribution in [-0.4, -0.2) is 13.0 Å². The van der Waals surface area contributed by atoms with Gasteiger partial charge in [-0.05, 0) is 37.3 Å². The van der Waals surface area contributed by atoms with Gasteiger partial charge in [0.25, 0.3) is 0 Å². The zero-order chi connectivity index (χ0) is 16.1. The van der Waals surface area contributed by atoms with Crippen LogP contribution in [-0.2, 0) is 4.79 Å². The quantitative estimate of drug-likeness (QED) is 0.869. The number of ether oxygens (including phenoxy) is 1. The second kappa shape index (κ2) is 6.85. The maximum Gasteiger partial charge on any atom is 0.248 e. The van der Waals surface area contributed by atoms with Crippen molar-refractivity contribution in [3.05, 3.63) is 65.2 Å². The monoisotopic (exact) mass is 303 g/mol. The molecule has 0 aliphatic heterocycles. The highest BCUT2D eigenvalue weighted by atomic mass is 19.1. The van der Waals surface area contributed by atoms with E-state index in [1.165, 1.54) is 19.3 Å². The fraction of sp³-hybridized carbons (Fsp3) is 0.118. The van der Waals surface area contributed by atoms with Crippen LogP contribution in [0.4, 0.5) is 14.5 Å². The van der Waals surface area contributed by atoms with E-state index in [0.29, 0.717) is 11.8 Å². The molecule has 5 heteroatoms. The Hall–Kier alpha value is -2.69. The molecule has 0 spiro atoms. The van der Waals surface area contributed by atoms with E-state index in [4.69, 9.17) is 4.74 Å². The molecule has 0 saturated carbocycles. The molecule has 0 aliphatic rings. The predicted molar refractivity (Wildman–Crippen MR) is 81.8 cm³/mol. The number of halogens is 2. The first-order valence-electron chi connectivity index (χ1n) is 6.58. The number of amides is 1. The van der Waals surface area contributed by atoms with Gasteiger partial charge in [0.1, 0.15) is 17.4 Å². The Kier molecular flexibility index (Phi) is 4.88. The van der Waals surface area contributed by atoms with Crippen molar-refractivity contribution in [3.63, 3.8) is 0 Å². The summed E-state index contributed by atoms with van der Waals surface area (Å²) in [7, 11) is 1.54. The lowest BCUT2D eigenvalue weighted by Crippen LogP contribution is -2.09. The minimum absolute atomic E-state index is 0.0766. The molecule has 2 aromatic rings. The molecule has 1 amide bonds. The van der Waals surface area contributed by atoms with Crippen LogP contribution < -0.4 is 10.1 Å². The Labute approximate surface area is 127 Å². The summed E-state index contributed by atoms with van der Waals surface area (Å²) in [6.45, 7) is 1.92. The summed E-state index contributed by atoms with van der Waals surface area (Å²) >= 11 is 0. The van der Waals surface area contributed by atoms with E-state index < -0.39 is 17.5 Å². The summed E-state index contributed by atoms with van der Waals surface area (Å²) in [5.74, 6) is -1.41. The Morgan fingerprint density at radius 1 is 1.18 bits per heavy atom. The highest BCUT2D eigenvalue weighted by molar-refractivity contribution is 6.02. The third-order valence-electron chi connectivity index (χ3n) is 2.99. The fourth-order valence-electron chi connectivity index (χ4n) is 1.91. The number of nitrogens with one attached hydrogen (secondary N) is 1. The Morgan fingerprint density at radius 2 is 1.95 bits per heavy atom. The maximum atomic E-state index is 13.4. The zero-order valence-electron chi connectivity index (χ0n) is 12.2. The number of carbonyl (C=O) groups excluding carboxylic acids is 1. The smallest absolute Gasteiger partial charge is 0.248 e. The van der Waals surface area contributed by atoms with E-state index in [1.807, 2.05) is 19.1 Å². The lowest BCUT2D eigenvalue weighted by atomic mass is 10.1. The molecule has 114 valence electrons. The lowest BCUT2D eigenvalue weighted by Gasteiger charge is -2.06. The standard InChI is InChI=1S/C17H15F2NO2/c1-11-3-7-16(22-2)12(9-11)4-8-17(21)20-15-6-5-13(18)10-14(15)19/h3-10H,1-2H3,(H,20,21)/b8-4+. The molecule has 0 bridgehead atoms. The summed E-state index contributed by atoms with van der Waals surface area (Å²) in [6.07, 6.45) is 2.84. The van der Waals surface area contributed by atoms with E-state index in [0.717, 1.165) is 17.2 Å². The molecule has 22 heavy (non-hydrogen) atoms. The lowest BCUT2D eigenvalue weighted by molar-refractivity contribution is -0.111. The minimum Gasteiger partial charge on any atom is -0.496 e. The summed E-state index contributed by atoms with van der Waals surface area (Å²) in [5.41, 5.74) is 1.68. The molecule has 2 aromatic carbocycles. The van der Waals surface area contributed by atoms with E-state index in [1.54, 1.807) is 12.1 Å². The normalized spacial score (nSPS) is 10.7. The highest BCUT2D eigenvalue weighted by Gasteiger charge is 2.06. The Morgan fingerprint density at radius 3 is 2.64 bits per heavy atom. The summed E-state index contributed by atoms with van der Waals surface area (Å²) in [6, 6.07) is 8.51. The van der Waals surface area contributed by atoms with Crippen LogP contribution in [0.2, 0.25) is 0 Å². The molecule has 0 saturated heterocycles. The van der Waals surface area contributed by atoms with Crippen LogP contribution in [0.25, 0.3) is 6.08 Å². The van der Waals surface area contributed by atoms with Gasteiger partial charge in [-0.25, -0.2) is 8.78 Å².